The molecule has 0 amide bonds. The van der Waals surface area contributed by atoms with Gasteiger partial charge in [0.15, 0.2) is 6.10 Å². The van der Waals surface area contributed by atoms with E-state index in [0.717, 1.165) is 12.8 Å². The highest BCUT2D eigenvalue weighted by molar-refractivity contribution is 5.73. The first-order valence-electron chi connectivity index (χ1n) is 5.68. The van der Waals surface area contributed by atoms with Crippen LogP contribution in [-0.2, 0) is 14.3 Å². The van der Waals surface area contributed by atoms with E-state index in [9.17, 15) is 9.90 Å². The second-order valence-corrected chi connectivity index (χ2v) is 5.35. The first kappa shape index (κ1) is 13.5. The van der Waals surface area contributed by atoms with Crippen LogP contribution < -0.4 is 0 Å². The molecule has 0 aromatic rings. The fourth-order valence-corrected chi connectivity index (χ4v) is 2.49. The Kier molecular flexibility index (Phi) is 3.97. The zero-order chi connectivity index (χ0) is 12.4. The molecule has 0 spiro atoms. The van der Waals surface area contributed by atoms with Crippen LogP contribution in [0.4, 0.5) is 0 Å². The van der Waals surface area contributed by atoms with Crippen molar-refractivity contribution in [1.82, 2.24) is 0 Å². The molecular formula is C12H22O4. The Bertz CT molecular complexity index is 254. The number of carboxylic acid groups (broad SMARTS) is 1. The van der Waals surface area contributed by atoms with E-state index in [0.29, 0.717) is 13.2 Å². The summed E-state index contributed by atoms with van der Waals surface area (Å²) in [5, 5.41) is 9.20. The Balaban J connectivity index is 2.92. The molecule has 1 unspecified atom stereocenters. The lowest BCUT2D eigenvalue weighted by Gasteiger charge is -2.48. The highest BCUT2D eigenvalue weighted by Gasteiger charge is 2.49. The van der Waals surface area contributed by atoms with E-state index in [1.165, 1.54) is 7.11 Å². The molecule has 0 aromatic carbocycles. The topological polar surface area (TPSA) is 55.8 Å². The normalized spacial score (nSPS) is 22.8. The van der Waals surface area contributed by atoms with Crippen LogP contribution in [0.15, 0.2) is 0 Å². The van der Waals surface area contributed by atoms with Gasteiger partial charge in [0.05, 0.1) is 0 Å². The molecule has 0 aromatic heterocycles. The van der Waals surface area contributed by atoms with Crippen LogP contribution >= 0.6 is 0 Å². The average Bonchev–Trinajstić information content (AvgIpc) is 2.18. The van der Waals surface area contributed by atoms with Crippen LogP contribution in [0.2, 0.25) is 0 Å². The van der Waals surface area contributed by atoms with Crippen molar-refractivity contribution >= 4 is 5.97 Å². The van der Waals surface area contributed by atoms with Crippen molar-refractivity contribution in [2.75, 3.05) is 20.3 Å². The smallest absolute Gasteiger partial charge is 0.333 e. The molecule has 1 atom stereocenters. The molecule has 0 bridgehead atoms. The molecule has 1 fully saturated rings. The second-order valence-electron chi connectivity index (χ2n) is 5.35. The molecule has 0 aliphatic carbocycles. The summed E-state index contributed by atoms with van der Waals surface area (Å²) in [6.45, 7) is 7.48. The molecule has 0 saturated carbocycles. The third kappa shape index (κ3) is 2.23. The average molecular weight is 230 g/mol. The summed E-state index contributed by atoms with van der Waals surface area (Å²) in [5.74, 6) is -0.889. The van der Waals surface area contributed by atoms with Gasteiger partial charge in [-0.15, -0.1) is 0 Å². The van der Waals surface area contributed by atoms with Gasteiger partial charge >= 0.3 is 5.97 Å². The molecule has 4 nitrogen and oxygen atoms in total. The van der Waals surface area contributed by atoms with E-state index in [1.54, 1.807) is 0 Å². The largest absolute Gasteiger partial charge is 0.479 e. The van der Waals surface area contributed by atoms with Crippen LogP contribution in [-0.4, -0.2) is 37.5 Å². The van der Waals surface area contributed by atoms with Gasteiger partial charge in [-0.2, -0.15) is 0 Å². The first-order chi connectivity index (χ1) is 7.35. The minimum absolute atomic E-state index is 0.0513. The van der Waals surface area contributed by atoms with Gasteiger partial charge in [0.2, 0.25) is 0 Å². The van der Waals surface area contributed by atoms with E-state index in [4.69, 9.17) is 9.47 Å². The van der Waals surface area contributed by atoms with Crippen LogP contribution in [0.25, 0.3) is 0 Å². The number of aliphatic carboxylic acids is 1. The minimum atomic E-state index is -0.889. The summed E-state index contributed by atoms with van der Waals surface area (Å²) in [5.41, 5.74) is -0.457. The lowest BCUT2D eigenvalue weighted by molar-refractivity contribution is -0.169. The Hall–Kier alpha value is -0.610. The van der Waals surface area contributed by atoms with Crippen LogP contribution in [0.5, 0.6) is 0 Å². The van der Waals surface area contributed by atoms with E-state index in [1.807, 2.05) is 13.8 Å². The van der Waals surface area contributed by atoms with Gasteiger partial charge < -0.3 is 14.6 Å². The SMILES string of the molecule is COC(C(=O)O)C(C)(C)C1(C)CCOCC1. The van der Waals surface area contributed by atoms with E-state index in [2.05, 4.69) is 6.92 Å². The predicted molar refractivity (Wildman–Crippen MR) is 60.4 cm³/mol. The molecule has 0 radical (unpaired) electrons. The summed E-state index contributed by atoms with van der Waals surface area (Å²) in [6, 6.07) is 0. The van der Waals surface area contributed by atoms with Gasteiger partial charge in [-0.05, 0) is 18.3 Å². The summed E-state index contributed by atoms with van der Waals surface area (Å²) < 4.78 is 10.5. The second kappa shape index (κ2) is 4.72. The van der Waals surface area contributed by atoms with Crippen molar-refractivity contribution in [2.24, 2.45) is 10.8 Å². The van der Waals surface area contributed by atoms with Gasteiger partial charge in [0.25, 0.3) is 0 Å². The maximum atomic E-state index is 11.2. The molecule has 1 saturated heterocycles. The van der Waals surface area contributed by atoms with Crippen molar-refractivity contribution < 1.29 is 19.4 Å². The number of methoxy groups -OCH3 is 1. The molecule has 1 heterocycles. The minimum Gasteiger partial charge on any atom is -0.479 e. The van der Waals surface area contributed by atoms with Crippen molar-refractivity contribution in [3.63, 3.8) is 0 Å². The first-order valence-corrected chi connectivity index (χ1v) is 5.68. The predicted octanol–water partition coefficient (Wildman–Crippen LogP) is 1.93. The summed E-state index contributed by atoms with van der Waals surface area (Å²) >= 11 is 0. The Labute approximate surface area is 96.9 Å². The molecule has 1 aliphatic heterocycles. The summed E-state index contributed by atoms with van der Waals surface area (Å²) in [7, 11) is 1.46. The molecule has 1 aliphatic rings. The van der Waals surface area contributed by atoms with Gasteiger partial charge in [0.1, 0.15) is 0 Å². The summed E-state index contributed by atoms with van der Waals surface area (Å²) in [4.78, 5) is 11.2. The molecular weight excluding hydrogens is 208 g/mol. The maximum Gasteiger partial charge on any atom is 0.333 e. The van der Waals surface area contributed by atoms with Crippen molar-refractivity contribution in [1.29, 1.82) is 0 Å². The molecule has 4 heteroatoms. The Morgan fingerprint density at radius 3 is 2.31 bits per heavy atom. The van der Waals surface area contributed by atoms with E-state index in [-0.39, 0.29) is 5.41 Å². The quantitative estimate of drug-likeness (QED) is 0.801. The standard InChI is InChI=1S/C12H22O4/c1-11(2,9(15-4)10(13)14)12(3)5-7-16-8-6-12/h9H,5-8H2,1-4H3,(H,13,14). The van der Waals surface area contributed by atoms with E-state index >= 15 is 0 Å². The lowest BCUT2D eigenvalue weighted by atomic mass is 9.60. The number of hydrogen-bond donors (Lipinski definition) is 1. The van der Waals surface area contributed by atoms with Crippen molar-refractivity contribution in [3.8, 4) is 0 Å². The van der Waals surface area contributed by atoms with Crippen LogP contribution in [0, 0.1) is 10.8 Å². The fourth-order valence-electron chi connectivity index (χ4n) is 2.49. The van der Waals surface area contributed by atoms with Crippen molar-refractivity contribution in [3.05, 3.63) is 0 Å². The zero-order valence-corrected chi connectivity index (χ0v) is 10.6. The van der Waals surface area contributed by atoms with Crippen LogP contribution in [0.1, 0.15) is 33.6 Å². The monoisotopic (exact) mass is 230 g/mol. The summed E-state index contributed by atoms with van der Waals surface area (Å²) in [6.07, 6.45) is 0.996. The molecule has 16 heavy (non-hydrogen) atoms. The number of rotatable bonds is 4. The third-order valence-electron chi connectivity index (χ3n) is 4.27. The van der Waals surface area contributed by atoms with Gasteiger partial charge in [0, 0.05) is 25.7 Å². The van der Waals surface area contributed by atoms with Gasteiger partial charge in [-0.1, -0.05) is 20.8 Å². The van der Waals surface area contributed by atoms with Gasteiger partial charge in [-0.25, -0.2) is 4.79 Å². The molecule has 1 N–H and O–H groups in total. The maximum absolute atomic E-state index is 11.2. The highest BCUT2D eigenvalue weighted by Crippen LogP contribution is 2.49. The number of ether oxygens (including phenoxy) is 2. The lowest BCUT2D eigenvalue weighted by Crippen LogP contribution is -2.51. The molecule has 1 rings (SSSR count). The van der Waals surface area contributed by atoms with Crippen molar-refractivity contribution in [2.45, 2.75) is 39.7 Å². The van der Waals surface area contributed by atoms with Gasteiger partial charge in [-0.3, -0.25) is 0 Å². The molecule has 94 valence electrons. The Morgan fingerprint density at radius 2 is 1.94 bits per heavy atom. The third-order valence-corrected chi connectivity index (χ3v) is 4.27. The highest BCUT2D eigenvalue weighted by atomic mass is 16.5. The van der Waals surface area contributed by atoms with E-state index < -0.39 is 17.5 Å². The number of carboxylic acids is 1. The van der Waals surface area contributed by atoms with Crippen LogP contribution in [0.3, 0.4) is 0 Å². The fraction of sp³-hybridized carbons (Fsp3) is 0.917. The number of hydrogen-bond acceptors (Lipinski definition) is 3. The zero-order valence-electron chi connectivity index (χ0n) is 10.6. The number of carbonyl (C=O) groups is 1. The Morgan fingerprint density at radius 1 is 1.44 bits per heavy atom.